The molecule has 0 radical (unpaired) electrons. The standard InChI is InChI=1S/C11H13N5O2/c1-18-10-4-8(12)2-3-9(10)15-11(17)5-16-7-13-6-14-16/h2-4,6-7H,5,12H2,1H3,(H,15,17). The number of nitrogens with two attached hydrogens (primary N) is 1. The van der Waals surface area contributed by atoms with Gasteiger partial charge in [-0.25, -0.2) is 9.67 Å². The molecule has 18 heavy (non-hydrogen) atoms. The number of nitrogens with zero attached hydrogens (tertiary/aromatic N) is 3. The van der Waals surface area contributed by atoms with Gasteiger partial charge in [0, 0.05) is 11.8 Å². The van der Waals surface area contributed by atoms with Crippen LogP contribution >= 0.6 is 0 Å². The molecule has 0 aliphatic carbocycles. The molecular formula is C11H13N5O2. The van der Waals surface area contributed by atoms with E-state index in [1.807, 2.05) is 0 Å². The largest absolute Gasteiger partial charge is 0.494 e. The maximum atomic E-state index is 11.7. The summed E-state index contributed by atoms with van der Waals surface area (Å²) < 4.78 is 6.56. The Hall–Kier alpha value is -2.57. The highest BCUT2D eigenvalue weighted by Gasteiger charge is 2.08. The number of aromatic nitrogens is 3. The first-order chi connectivity index (χ1) is 8.69. The smallest absolute Gasteiger partial charge is 0.246 e. The summed E-state index contributed by atoms with van der Waals surface area (Å²) in [7, 11) is 1.52. The molecule has 7 nitrogen and oxygen atoms in total. The molecule has 0 aliphatic heterocycles. The van der Waals surface area contributed by atoms with Crippen molar-refractivity contribution in [3.8, 4) is 5.75 Å². The maximum Gasteiger partial charge on any atom is 0.246 e. The van der Waals surface area contributed by atoms with Crippen LogP contribution in [-0.4, -0.2) is 27.8 Å². The monoisotopic (exact) mass is 247 g/mol. The number of nitrogens with one attached hydrogen (secondary N) is 1. The Kier molecular flexibility index (Phi) is 3.42. The summed E-state index contributed by atoms with van der Waals surface area (Å²) in [5, 5.41) is 6.57. The van der Waals surface area contributed by atoms with Crippen molar-refractivity contribution < 1.29 is 9.53 Å². The van der Waals surface area contributed by atoms with Gasteiger partial charge >= 0.3 is 0 Å². The van der Waals surface area contributed by atoms with E-state index in [0.717, 1.165) is 0 Å². The summed E-state index contributed by atoms with van der Waals surface area (Å²) in [4.78, 5) is 15.5. The lowest BCUT2D eigenvalue weighted by atomic mass is 10.2. The minimum Gasteiger partial charge on any atom is -0.494 e. The van der Waals surface area contributed by atoms with E-state index in [-0.39, 0.29) is 12.5 Å². The molecule has 0 saturated carbocycles. The van der Waals surface area contributed by atoms with Crippen LogP contribution in [0.5, 0.6) is 5.75 Å². The average Bonchev–Trinajstić information content (AvgIpc) is 2.84. The number of amides is 1. The summed E-state index contributed by atoms with van der Waals surface area (Å²) in [5.74, 6) is 0.297. The van der Waals surface area contributed by atoms with E-state index in [1.165, 1.54) is 24.4 Å². The molecule has 2 rings (SSSR count). The topological polar surface area (TPSA) is 95.1 Å². The molecule has 0 aliphatic rings. The molecule has 7 heteroatoms. The lowest BCUT2D eigenvalue weighted by Gasteiger charge is -2.10. The first-order valence-corrected chi connectivity index (χ1v) is 5.25. The van der Waals surface area contributed by atoms with Crippen LogP contribution in [0.15, 0.2) is 30.9 Å². The van der Waals surface area contributed by atoms with Crippen molar-refractivity contribution >= 4 is 17.3 Å². The molecule has 0 bridgehead atoms. The van der Waals surface area contributed by atoms with E-state index >= 15 is 0 Å². The number of rotatable bonds is 4. The second-order valence-electron chi connectivity index (χ2n) is 3.60. The third-order valence-electron chi connectivity index (χ3n) is 2.27. The summed E-state index contributed by atoms with van der Waals surface area (Å²) in [6.45, 7) is 0.0908. The number of carbonyl (C=O) groups excluding carboxylic acids is 1. The highest BCUT2D eigenvalue weighted by Crippen LogP contribution is 2.26. The van der Waals surface area contributed by atoms with Gasteiger partial charge in [0.1, 0.15) is 24.9 Å². The predicted octanol–water partition coefficient (Wildman–Crippen LogP) is 0.508. The Morgan fingerprint density at radius 3 is 3.06 bits per heavy atom. The van der Waals surface area contributed by atoms with Crippen LogP contribution in [0.1, 0.15) is 0 Å². The molecule has 0 saturated heterocycles. The summed E-state index contributed by atoms with van der Waals surface area (Å²) in [6.07, 6.45) is 2.84. The first-order valence-electron chi connectivity index (χ1n) is 5.25. The van der Waals surface area contributed by atoms with Crippen molar-refractivity contribution in [1.29, 1.82) is 0 Å². The van der Waals surface area contributed by atoms with E-state index in [2.05, 4.69) is 15.4 Å². The molecule has 1 aromatic heterocycles. The molecule has 0 unspecified atom stereocenters. The number of hydrogen-bond donors (Lipinski definition) is 2. The predicted molar refractivity (Wildman–Crippen MR) is 66.1 cm³/mol. The van der Waals surface area contributed by atoms with Crippen LogP contribution in [0.3, 0.4) is 0 Å². The quantitative estimate of drug-likeness (QED) is 0.767. The fraction of sp³-hybridized carbons (Fsp3) is 0.182. The molecule has 2 aromatic rings. The third-order valence-corrected chi connectivity index (χ3v) is 2.27. The normalized spacial score (nSPS) is 10.1. The van der Waals surface area contributed by atoms with E-state index in [1.54, 1.807) is 18.2 Å². The van der Waals surface area contributed by atoms with Crippen LogP contribution in [0.25, 0.3) is 0 Å². The van der Waals surface area contributed by atoms with Gasteiger partial charge in [-0.15, -0.1) is 0 Å². The van der Waals surface area contributed by atoms with Crippen molar-refractivity contribution in [1.82, 2.24) is 14.8 Å². The molecule has 1 heterocycles. The van der Waals surface area contributed by atoms with Crippen molar-refractivity contribution in [3.63, 3.8) is 0 Å². The molecule has 1 amide bonds. The first kappa shape index (κ1) is 11.9. The zero-order valence-corrected chi connectivity index (χ0v) is 9.83. The summed E-state index contributed by atoms with van der Waals surface area (Å²) in [5.41, 5.74) is 6.77. The van der Waals surface area contributed by atoms with Gasteiger partial charge in [0.25, 0.3) is 0 Å². The lowest BCUT2D eigenvalue weighted by Crippen LogP contribution is -2.19. The molecule has 3 N–H and O–H groups in total. The van der Waals surface area contributed by atoms with Gasteiger partial charge in [-0.1, -0.05) is 0 Å². The van der Waals surface area contributed by atoms with E-state index in [0.29, 0.717) is 17.1 Å². The van der Waals surface area contributed by atoms with Crippen LogP contribution in [-0.2, 0) is 11.3 Å². The molecule has 0 atom stereocenters. The highest BCUT2D eigenvalue weighted by atomic mass is 16.5. The van der Waals surface area contributed by atoms with Gasteiger partial charge in [-0.3, -0.25) is 4.79 Å². The second-order valence-corrected chi connectivity index (χ2v) is 3.60. The SMILES string of the molecule is COc1cc(N)ccc1NC(=O)Cn1cncn1. The van der Waals surface area contributed by atoms with Crippen LogP contribution < -0.4 is 15.8 Å². The van der Waals surface area contributed by atoms with Crippen molar-refractivity contribution in [3.05, 3.63) is 30.9 Å². The number of anilines is 2. The van der Waals surface area contributed by atoms with Crippen LogP contribution in [0, 0.1) is 0 Å². The minimum atomic E-state index is -0.219. The summed E-state index contributed by atoms with van der Waals surface area (Å²) >= 11 is 0. The molecule has 94 valence electrons. The molecule has 1 aromatic carbocycles. The lowest BCUT2D eigenvalue weighted by molar-refractivity contribution is -0.116. The number of benzene rings is 1. The fourth-order valence-corrected chi connectivity index (χ4v) is 1.46. The average molecular weight is 247 g/mol. The van der Waals surface area contributed by atoms with E-state index in [9.17, 15) is 4.79 Å². The van der Waals surface area contributed by atoms with Gasteiger partial charge in [-0.2, -0.15) is 5.10 Å². The number of nitrogen functional groups attached to an aromatic ring is 1. The minimum absolute atomic E-state index is 0.0908. The number of hydrogen-bond acceptors (Lipinski definition) is 5. The Bertz CT molecular complexity index is 538. The second kappa shape index (κ2) is 5.17. The van der Waals surface area contributed by atoms with Crippen molar-refractivity contribution in [2.75, 3.05) is 18.2 Å². The molecule has 0 fully saturated rings. The highest BCUT2D eigenvalue weighted by molar-refractivity contribution is 5.92. The Morgan fingerprint density at radius 2 is 2.39 bits per heavy atom. The van der Waals surface area contributed by atoms with Gasteiger partial charge < -0.3 is 15.8 Å². The summed E-state index contributed by atoms with van der Waals surface area (Å²) in [6, 6.07) is 5.02. The van der Waals surface area contributed by atoms with Crippen molar-refractivity contribution in [2.24, 2.45) is 0 Å². The Morgan fingerprint density at radius 1 is 1.56 bits per heavy atom. The van der Waals surface area contributed by atoms with Crippen molar-refractivity contribution in [2.45, 2.75) is 6.54 Å². The van der Waals surface area contributed by atoms with Gasteiger partial charge in [0.05, 0.1) is 12.8 Å². The number of methoxy groups -OCH3 is 1. The number of carbonyl (C=O) groups is 1. The zero-order chi connectivity index (χ0) is 13.0. The van der Waals surface area contributed by atoms with Gasteiger partial charge in [0.2, 0.25) is 5.91 Å². The number of ether oxygens (including phenoxy) is 1. The third kappa shape index (κ3) is 2.76. The Labute approximate surface area is 104 Å². The molecule has 0 spiro atoms. The van der Waals surface area contributed by atoms with Gasteiger partial charge in [-0.05, 0) is 12.1 Å². The Balaban J connectivity index is 2.07. The van der Waals surface area contributed by atoms with Crippen LogP contribution in [0.2, 0.25) is 0 Å². The molecular weight excluding hydrogens is 234 g/mol. The fourth-order valence-electron chi connectivity index (χ4n) is 1.46. The van der Waals surface area contributed by atoms with Gasteiger partial charge in [0.15, 0.2) is 0 Å². The van der Waals surface area contributed by atoms with E-state index < -0.39 is 0 Å². The zero-order valence-electron chi connectivity index (χ0n) is 9.83. The van der Waals surface area contributed by atoms with E-state index in [4.69, 9.17) is 10.5 Å². The maximum absolute atomic E-state index is 11.7. The van der Waals surface area contributed by atoms with Crippen LogP contribution in [0.4, 0.5) is 11.4 Å².